The number of aliphatic hydroxyl groups excluding tert-OH is 1. The van der Waals surface area contributed by atoms with Gasteiger partial charge in [-0.3, -0.25) is 4.79 Å². The first-order valence-electron chi connectivity index (χ1n) is 24.9. The van der Waals surface area contributed by atoms with Gasteiger partial charge in [0.05, 0.1) is 38.9 Å². The zero-order chi connectivity index (χ0) is 54.5. The van der Waals surface area contributed by atoms with Crippen LogP contribution in [-0.2, 0) is 27.8 Å². The fraction of sp³-hybridized carbons (Fsp3) is 0.288. The van der Waals surface area contributed by atoms with Crippen molar-refractivity contribution in [2.24, 2.45) is 5.73 Å². The fourth-order valence-corrected chi connectivity index (χ4v) is 8.44. The van der Waals surface area contributed by atoms with E-state index in [-0.39, 0.29) is 111 Å². The third kappa shape index (κ3) is 22.1. The predicted molar refractivity (Wildman–Crippen MR) is 299 cm³/mol. The second-order valence-corrected chi connectivity index (χ2v) is 18.1. The summed E-state index contributed by atoms with van der Waals surface area (Å²) in [7, 11) is 0. The van der Waals surface area contributed by atoms with Gasteiger partial charge in [0.1, 0.15) is 35.5 Å². The van der Waals surface area contributed by atoms with Crippen molar-refractivity contribution >= 4 is 48.3 Å². The van der Waals surface area contributed by atoms with Gasteiger partial charge in [0, 0.05) is 131 Å². The van der Waals surface area contributed by atoms with Crippen molar-refractivity contribution in [3.05, 3.63) is 210 Å². The van der Waals surface area contributed by atoms with Crippen LogP contribution in [0.1, 0.15) is 40.1 Å². The number of halogens is 5. The molecule has 4 aliphatic rings. The van der Waals surface area contributed by atoms with E-state index in [0.717, 1.165) is 92.9 Å². The molecule has 3 radical (unpaired) electrons. The minimum absolute atomic E-state index is 0. The zero-order valence-electron chi connectivity index (χ0n) is 44.9. The van der Waals surface area contributed by atoms with Crippen LogP contribution in [-0.4, -0.2) is 105 Å². The minimum Gasteiger partial charge on any atom is -1.00 e. The second kappa shape index (κ2) is 34.9. The average Bonchev–Trinajstić information content (AvgIpc) is 4.31. The summed E-state index contributed by atoms with van der Waals surface area (Å²) in [5.41, 5.74) is 11.3. The maximum Gasteiger partial charge on any atom is 1.00 e. The first-order chi connectivity index (χ1) is 37.3. The molecule has 11 rings (SSSR count). The number of aromatic nitrogens is 3. The van der Waals surface area contributed by atoms with Crippen LogP contribution in [0.2, 0.25) is 0 Å². The summed E-state index contributed by atoms with van der Waals surface area (Å²) in [5, 5.41) is 9.30. The van der Waals surface area contributed by atoms with Crippen molar-refractivity contribution in [3.8, 4) is 11.8 Å². The predicted octanol–water partition coefficient (Wildman–Crippen LogP) is 7.91. The van der Waals surface area contributed by atoms with Crippen LogP contribution in [0.3, 0.4) is 0 Å². The molecule has 3 aromatic heterocycles. The van der Waals surface area contributed by atoms with Crippen LogP contribution < -0.4 is 64.4 Å². The molecule has 7 heterocycles. The number of carbonyl (C=O) groups is 1. The molecule has 4 aliphatic heterocycles. The van der Waals surface area contributed by atoms with Crippen molar-refractivity contribution < 1.29 is 88.8 Å². The Morgan fingerprint density at radius 3 is 1.28 bits per heavy atom. The molecule has 0 bridgehead atoms. The molecule has 3 unspecified atom stereocenters. The molecule has 4 fully saturated rings. The molecule has 22 heteroatoms. The molecule has 7 aromatic rings. The molecular formula is C59H62BF5N10NaNiO4. The molecule has 0 amide bonds. The summed E-state index contributed by atoms with van der Waals surface area (Å²) in [6.07, 6.45) is 7.60. The van der Waals surface area contributed by atoms with E-state index in [9.17, 15) is 31.9 Å². The normalized spacial score (nSPS) is 16.4. The Hall–Kier alpha value is -7.09. The van der Waals surface area contributed by atoms with Gasteiger partial charge >= 0.3 is 29.6 Å². The van der Waals surface area contributed by atoms with Gasteiger partial charge in [-0.15, -0.1) is 0 Å². The second-order valence-electron chi connectivity index (χ2n) is 18.1. The number of rotatable bonds is 9. The summed E-state index contributed by atoms with van der Waals surface area (Å²) in [6, 6.07) is 35.4. The van der Waals surface area contributed by atoms with E-state index in [0.29, 0.717) is 49.2 Å². The Labute approximate surface area is 506 Å². The topological polar surface area (TPSA) is 142 Å². The molecule has 0 saturated carbocycles. The maximum atomic E-state index is 12.9. The first kappa shape index (κ1) is 68.2. The molecule has 3 atom stereocenters. The number of pyridine rings is 3. The van der Waals surface area contributed by atoms with Gasteiger partial charge in [0.2, 0.25) is 29.1 Å². The first-order valence-corrected chi connectivity index (χ1v) is 24.9. The van der Waals surface area contributed by atoms with Crippen LogP contribution in [0, 0.1) is 42.4 Å². The maximum absolute atomic E-state index is 12.9. The van der Waals surface area contributed by atoms with Gasteiger partial charge in [0.15, 0.2) is 5.78 Å². The number of Topliss-reactive ketones (excluding diaryl/α,β-unsaturated/α-hetero) is 1. The van der Waals surface area contributed by atoms with Crippen molar-refractivity contribution in [1.29, 1.82) is 0 Å². The van der Waals surface area contributed by atoms with Crippen molar-refractivity contribution in [2.75, 3.05) is 72.0 Å². The van der Waals surface area contributed by atoms with Crippen LogP contribution >= 0.6 is 0 Å². The molecule has 4 aromatic carbocycles. The molecule has 3 N–H and O–H groups in total. The Kier molecular flexibility index (Phi) is 29.4. The third-order valence-corrected chi connectivity index (χ3v) is 12.5. The van der Waals surface area contributed by atoms with Crippen LogP contribution in [0.15, 0.2) is 152 Å². The Morgan fingerprint density at radius 1 is 0.556 bits per heavy atom. The number of carbonyl (C=O) groups excluding carboxylic acids is 1. The Morgan fingerprint density at radius 2 is 0.951 bits per heavy atom. The van der Waals surface area contributed by atoms with E-state index in [1.165, 1.54) is 67.0 Å². The summed E-state index contributed by atoms with van der Waals surface area (Å²) in [6.45, 7) is 19.9. The molecular weight excluding hydrogens is 1100 g/mol. The summed E-state index contributed by atoms with van der Waals surface area (Å²) >= 11 is 0. The molecule has 14 nitrogen and oxygen atoms in total. The molecule has 0 aliphatic carbocycles. The van der Waals surface area contributed by atoms with Crippen LogP contribution in [0.4, 0.5) is 56.1 Å². The van der Waals surface area contributed by atoms with Crippen LogP contribution in [0.5, 0.6) is 11.8 Å². The third-order valence-electron chi connectivity index (χ3n) is 12.5. The fourth-order valence-electron chi connectivity index (χ4n) is 8.44. The molecule has 0 spiro atoms. The van der Waals surface area contributed by atoms with Crippen LogP contribution in [0.25, 0.3) is 9.69 Å². The quantitative estimate of drug-likeness (QED) is 0.0628. The van der Waals surface area contributed by atoms with Crippen molar-refractivity contribution in [3.63, 3.8) is 0 Å². The SMILES string of the molecule is C.NCc1ccc(OC2CCN(c3ccc(F)cc3)C2)nc1.O=C1CCN(c2ccc(F)cc2)C1.OC1CCN(c2ccc(F)cc2)C1.[B].[C-]#[N+]c1ccc(F)nc1.[C-]#[N+]c1ccc(OC2CCN(c3ccc(F)cc3)C2)nc1.[H-].[Na+].[Ni]. The number of nitrogens with zero attached hydrogens (tertiary/aromatic N) is 9. The number of aliphatic hydroxyl groups is 1. The number of hydrogen-bond acceptors (Lipinski definition) is 12. The molecule has 4 saturated heterocycles. The molecule has 81 heavy (non-hydrogen) atoms. The summed E-state index contributed by atoms with van der Waals surface area (Å²) in [5.74, 6) is -0.0409. The standard InChI is InChI=1S/C16H14FN3O.C16H18FN3O.C10H12FNO.C10H10FNO.C6H3FN2.CH4.B.Na.Ni.H/c1-18-13-4-7-16(19-10-13)21-15-8-9-20(11-15)14-5-2-12(17)3-6-14;17-13-2-4-14(5-3-13)20-8-7-15(11-20)21-16-6-1-12(9-18)10-19-16;2*11-8-1-3-9(4-2-8)12-6-5-10(13)7-12;1-8-5-2-3-6(7)9-4-5;;;;;/h2-7,10,15H,8-9,11H2;1-6,10,15H,7-9,11,18H2;1-4,10,13H,5-7H2;1-4H,5-7H2;2-4H;1H4;;;;/q;;;;;;;+1;;-1. The van der Waals surface area contributed by atoms with E-state index in [2.05, 4.69) is 39.3 Å². The average molecular weight is 1160 g/mol. The Balaban J connectivity index is 0.000000355. The summed E-state index contributed by atoms with van der Waals surface area (Å²) in [4.78, 5) is 37.3. The van der Waals surface area contributed by atoms with E-state index in [1.807, 2.05) is 17.0 Å². The Bertz CT molecular complexity index is 3040. The van der Waals surface area contributed by atoms with Gasteiger partial charge in [0.25, 0.3) is 0 Å². The number of ether oxygens (including phenoxy) is 2. The van der Waals surface area contributed by atoms with E-state index < -0.39 is 5.95 Å². The van der Waals surface area contributed by atoms with Crippen molar-refractivity contribution in [2.45, 2.75) is 58.0 Å². The van der Waals surface area contributed by atoms with Crippen molar-refractivity contribution in [1.82, 2.24) is 15.0 Å². The van der Waals surface area contributed by atoms with Gasteiger partial charge in [-0.25, -0.2) is 42.2 Å². The zero-order valence-corrected chi connectivity index (χ0v) is 46.9. The number of hydrogen-bond donors (Lipinski definition) is 2. The number of benzene rings is 4. The summed E-state index contributed by atoms with van der Waals surface area (Å²) < 4.78 is 74.7. The number of anilines is 4. The van der Waals surface area contributed by atoms with Gasteiger partial charge in [-0.1, -0.05) is 19.6 Å². The number of nitrogens with two attached hydrogens (primary N) is 1. The largest absolute Gasteiger partial charge is 1.00 e. The minimum atomic E-state index is -0.553. The van der Waals surface area contributed by atoms with Gasteiger partial charge in [-0.05, 0) is 127 Å². The van der Waals surface area contributed by atoms with E-state index in [4.69, 9.17) is 28.4 Å². The molecule has 421 valence electrons. The van der Waals surface area contributed by atoms with Gasteiger partial charge < -0.3 is 41.3 Å². The number of β-amino-alcohol motifs (C(OH)–C–C–N with tert-alkyl or cyclic N) is 1. The van der Waals surface area contributed by atoms with E-state index in [1.54, 1.807) is 66.9 Å². The number of ketones is 1. The van der Waals surface area contributed by atoms with Gasteiger partial charge in [-0.2, -0.15) is 4.39 Å². The monoisotopic (exact) mass is 1160 g/mol. The smallest absolute Gasteiger partial charge is 1.00 e. The van der Waals surface area contributed by atoms with E-state index >= 15 is 0 Å².